The summed E-state index contributed by atoms with van der Waals surface area (Å²) in [7, 11) is -3.58. The maximum absolute atomic E-state index is 12.9. The summed E-state index contributed by atoms with van der Waals surface area (Å²) in [6.45, 7) is 1.69. The third kappa shape index (κ3) is 2.77. The SMILES string of the molecule is O=S(=O)(c1ccc(Cl)cc1)N1CCNCc2ccccc21. The topological polar surface area (TPSA) is 49.4 Å². The molecule has 2 aromatic rings. The molecule has 6 heteroatoms. The zero-order valence-electron chi connectivity index (χ0n) is 11.3. The van der Waals surface area contributed by atoms with Gasteiger partial charge >= 0.3 is 0 Å². The molecule has 1 N–H and O–H groups in total. The maximum atomic E-state index is 12.9. The lowest BCUT2D eigenvalue weighted by Gasteiger charge is -2.24. The van der Waals surface area contributed by atoms with Crippen molar-refractivity contribution in [2.45, 2.75) is 11.4 Å². The van der Waals surface area contributed by atoms with Gasteiger partial charge in [0.2, 0.25) is 0 Å². The molecule has 0 amide bonds. The van der Waals surface area contributed by atoms with E-state index in [2.05, 4.69) is 5.32 Å². The summed E-state index contributed by atoms with van der Waals surface area (Å²) in [4.78, 5) is 0.253. The number of hydrogen-bond acceptors (Lipinski definition) is 3. The predicted molar refractivity (Wildman–Crippen MR) is 84.1 cm³/mol. The van der Waals surface area contributed by atoms with Crippen molar-refractivity contribution in [1.82, 2.24) is 5.32 Å². The van der Waals surface area contributed by atoms with Crippen molar-refractivity contribution in [2.24, 2.45) is 0 Å². The Labute approximate surface area is 129 Å². The molecular formula is C15H15ClN2O2S. The minimum Gasteiger partial charge on any atom is -0.311 e. The molecule has 0 aromatic heterocycles. The first-order valence-electron chi connectivity index (χ1n) is 6.66. The fourth-order valence-electron chi connectivity index (χ4n) is 2.41. The van der Waals surface area contributed by atoms with E-state index in [1.807, 2.05) is 24.3 Å². The number of nitrogens with zero attached hydrogens (tertiary/aromatic N) is 1. The van der Waals surface area contributed by atoms with E-state index >= 15 is 0 Å². The number of nitrogens with one attached hydrogen (secondary N) is 1. The summed E-state index contributed by atoms with van der Waals surface area (Å²) in [6, 6.07) is 13.8. The molecule has 0 spiro atoms. The second kappa shape index (κ2) is 5.67. The van der Waals surface area contributed by atoms with Crippen LogP contribution in [0.5, 0.6) is 0 Å². The number of rotatable bonds is 2. The van der Waals surface area contributed by atoms with Gasteiger partial charge in [-0.05, 0) is 35.9 Å². The Morgan fingerprint density at radius 1 is 1.05 bits per heavy atom. The van der Waals surface area contributed by atoms with Crippen LogP contribution in [-0.4, -0.2) is 21.5 Å². The fourth-order valence-corrected chi connectivity index (χ4v) is 4.04. The zero-order chi connectivity index (χ0) is 14.9. The van der Waals surface area contributed by atoms with Crippen LogP contribution in [0.3, 0.4) is 0 Å². The Balaban J connectivity index is 2.08. The highest BCUT2D eigenvalue weighted by Crippen LogP contribution is 2.28. The molecule has 110 valence electrons. The lowest BCUT2D eigenvalue weighted by molar-refractivity contribution is 0.589. The fraction of sp³-hybridized carbons (Fsp3) is 0.200. The predicted octanol–water partition coefficient (Wildman–Crippen LogP) is 2.64. The van der Waals surface area contributed by atoms with Gasteiger partial charge in [0.15, 0.2) is 0 Å². The molecule has 0 saturated carbocycles. The van der Waals surface area contributed by atoms with Gasteiger partial charge in [-0.15, -0.1) is 0 Å². The summed E-state index contributed by atoms with van der Waals surface area (Å²) >= 11 is 5.84. The second-order valence-electron chi connectivity index (χ2n) is 4.84. The normalized spacial score (nSPS) is 15.4. The molecule has 4 nitrogen and oxygen atoms in total. The minimum atomic E-state index is -3.58. The van der Waals surface area contributed by atoms with Gasteiger partial charge in [-0.25, -0.2) is 8.42 Å². The van der Waals surface area contributed by atoms with Crippen molar-refractivity contribution in [3.05, 3.63) is 59.1 Å². The van der Waals surface area contributed by atoms with Crippen molar-refractivity contribution in [3.8, 4) is 0 Å². The summed E-state index contributed by atoms with van der Waals surface area (Å²) in [5.41, 5.74) is 1.71. The van der Waals surface area contributed by atoms with Gasteiger partial charge in [0, 0.05) is 24.7 Å². The average molecular weight is 323 g/mol. The molecule has 1 aliphatic rings. The van der Waals surface area contributed by atoms with Gasteiger partial charge in [0.05, 0.1) is 10.6 Å². The Morgan fingerprint density at radius 2 is 1.76 bits per heavy atom. The minimum absolute atomic E-state index is 0.253. The van der Waals surface area contributed by atoms with Crippen molar-refractivity contribution in [3.63, 3.8) is 0 Å². The Kier molecular flexibility index (Phi) is 3.89. The van der Waals surface area contributed by atoms with Crippen LogP contribution >= 0.6 is 11.6 Å². The highest BCUT2D eigenvalue weighted by Gasteiger charge is 2.27. The molecule has 2 aromatic carbocycles. The molecule has 0 saturated heterocycles. The van der Waals surface area contributed by atoms with Crippen LogP contribution in [0.1, 0.15) is 5.56 Å². The van der Waals surface area contributed by atoms with Crippen LogP contribution in [0.25, 0.3) is 0 Å². The molecule has 21 heavy (non-hydrogen) atoms. The van der Waals surface area contributed by atoms with Gasteiger partial charge in [-0.3, -0.25) is 4.31 Å². The molecule has 0 fully saturated rings. The third-order valence-corrected chi connectivity index (χ3v) is 5.55. The number of halogens is 1. The van der Waals surface area contributed by atoms with Gasteiger partial charge < -0.3 is 5.32 Å². The zero-order valence-corrected chi connectivity index (χ0v) is 12.9. The van der Waals surface area contributed by atoms with E-state index in [0.717, 1.165) is 11.3 Å². The largest absolute Gasteiger partial charge is 0.311 e. The number of para-hydroxylation sites is 1. The van der Waals surface area contributed by atoms with Crippen LogP contribution in [0.2, 0.25) is 5.02 Å². The molecule has 3 rings (SSSR count). The van der Waals surface area contributed by atoms with Crippen LogP contribution in [0.4, 0.5) is 5.69 Å². The lowest BCUT2D eigenvalue weighted by Crippen LogP contribution is -2.34. The molecule has 0 atom stereocenters. The lowest BCUT2D eigenvalue weighted by atomic mass is 10.2. The first-order chi connectivity index (χ1) is 10.1. The molecule has 0 bridgehead atoms. The van der Waals surface area contributed by atoms with E-state index in [1.54, 1.807) is 24.3 Å². The highest BCUT2D eigenvalue weighted by atomic mass is 35.5. The van der Waals surface area contributed by atoms with E-state index in [1.165, 1.54) is 4.31 Å². The van der Waals surface area contributed by atoms with E-state index in [-0.39, 0.29) is 4.90 Å². The second-order valence-corrected chi connectivity index (χ2v) is 7.14. The number of anilines is 1. The summed E-state index contributed by atoms with van der Waals surface area (Å²) in [6.07, 6.45) is 0. The Morgan fingerprint density at radius 3 is 2.52 bits per heavy atom. The van der Waals surface area contributed by atoms with Crippen LogP contribution in [0.15, 0.2) is 53.4 Å². The Hall–Kier alpha value is -1.56. The first-order valence-corrected chi connectivity index (χ1v) is 8.48. The standard InChI is InChI=1S/C15H15ClN2O2S/c16-13-5-7-14(8-6-13)21(19,20)18-10-9-17-11-12-3-1-2-4-15(12)18/h1-8,17H,9-11H2. The van der Waals surface area contributed by atoms with Gasteiger partial charge in [0.1, 0.15) is 0 Å². The summed E-state index contributed by atoms with van der Waals surface area (Å²) in [5, 5.41) is 3.76. The van der Waals surface area contributed by atoms with E-state index < -0.39 is 10.0 Å². The number of hydrogen-bond donors (Lipinski definition) is 1. The van der Waals surface area contributed by atoms with E-state index in [4.69, 9.17) is 11.6 Å². The van der Waals surface area contributed by atoms with Crippen LogP contribution in [-0.2, 0) is 16.6 Å². The van der Waals surface area contributed by atoms with Gasteiger partial charge in [-0.1, -0.05) is 29.8 Å². The molecular weight excluding hydrogens is 308 g/mol. The molecule has 0 radical (unpaired) electrons. The molecule has 1 aliphatic heterocycles. The molecule has 1 heterocycles. The average Bonchev–Trinajstić information content (AvgIpc) is 2.70. The summed E-state index contributed by atoms with van der Waals surface area (Å²) < 4.78 is 27.2. The van der Waals surface area contributed by atoms with E-state index in [9.17, 15) is 8.42 Å². The Bertz CT molecular complexity index is 745. The van der Waals surface area contributed by atoms with Gasteiger partial charge in [0.25, 0.3) is 10.0 Å². The molecule has 0 unspecified atom stereocenters. The quantitative estimate of drug-likeness (QED) is 0.924. The smallest absolute Gasteiger partial charge is 0.264 e. The van der Waals surface area contributed by atoms with Gasteiger partial charge in [-0.2, -0.15) is 0 Å². The number of sulfonamides is 1. The third-order valence-electron chi connectivity index (χ3n) is 3.47. The summed E-state index contributed by atoms with van der Waals surface area (Å²) in [5.74, 6) is 0. The highest BCUT2D eigenvalue weighted by molar-refractivity contribution is 7.92. The van der Waals surface area contributed by atoms with Crippen molar-refractivity contribution in [1.29, 1.82) is 0 Å². The van der Waals surface area contributed by atoms with Crippen molar-refractivity contribution in [2.75, 3.05) is 17.4 Å². The van der Waals surface area contributed by atoms with Crippen molar-refractivity contribution >= 4 is 27.3 Å². The van der Waals surface area contributed by atoms with Crippen LogP contribution in [0, 0.1) is 0 Å². The van der Waals surface area contributed by atoms with E-state index in [0.29, 0.717) is 24.7 Å². The first kappa shape index (κ1) is 14.4. The molecule has 0 aliphatic carbocycles. The number of benzene rings is 2. The monoisotopic (exact) mass is 322 g/mol. The maximum Gasteiger partial charge on any atom is 0.264 e. The number of fused-ring (bicyclic) bond motifs is 1. The van der Waals surface area contributed by atoms with Crippen molar-refractivity contribution < 1.29 is 8.42 Å². The van der Waals surface area contributed by atoms with Crippen LogP contribution < -0.4 is 9.62 Å².